The molecule has 3 nitrogen and oxygen atoms in total. The van der Waals surface area contributed by atoms with Gasteiger partial charge < -0.3 is 4.74 Å². The van der Waals surface area contributed by atoms with Crippen molar-refractivity contribution in [2.75, 3.05) is 27.2 Å². The fraction of sp³-hybridized carbons (Fsp3) is 0.533. The maximum Gasteiger partial charge on any atom is 0.180 e. The molecule has 0 radical (unpaired) electrons. The first-order chi connectivity index (χ1) is 9.08. The number of benzene rings is 1. The minimum absolute atomic E-state index is 0.115. The van der Waals surface area contributed by atoms with Gasteiger partial charge in [-0.15, -0.1) is 0 Å². The minimum atomic E-state index is -0.419. The van der Waals surface area contributed by atoms with E-state index in [1.54, 1.807) is 0 Å². The molecular formula is C15H22FNO2. The van der Waals surface area contributed by atoms with Gasteiger partial charge in [0.1, 0.15) is 11.6 Å². The second-order valence-corrected chi connectivity index (χ2v) is 4.71. The summed E-state index contributed by atoms with van der Waals surface area (Å²) in [6.07, 6.45) is 3.38. The molecule has 106 valence electrons. The van der Waals surface area contributed by atoms with E-state index in [1.165, 1.54) is 25.3 Å². The van der Waals surface area contributed by atoms with Crippen LogP contribution < -0.4 is 4.74 Å². The molecule has 4 heteroatoms. The summed E-state index contributed by atoms with van der Waals surface area (Å²) in [5.41, 5.74) is 0.310. The van der Waals surface area contributed by atoms with Gasteiger partial charge in [-0.05, 0) is 38.2 Å². The Morgan fingerprint density at radius 3 is 2.74 bits per heavy atom. The topological polar surface area (TPSA) is 29.5 Å². The van der Waals surface area contributed by atoms with Gasteiger partial charge in [-0.3, -0.25) is 9.69 Å². The number of Topliss-reactive ketones (excluding diaryl/α,β-unsaturated/α-hetero) is 1. The van der Waals surface area contributed by atoms with E-state index >= 15 is 0 Å². The van der Waals surface area contributed by atoms with Crippen LogP contribution in [0.15, 0.2) is 18.2 Å². The molecule has 0 aromatic heterocycles. The van der Waals surface area contributed by atoms with Gasteiger partial charge in [-0.1, -0.05) is 19.8 Å². The molecule has 0 saturated heterocycles. The molecule has 0 spiro atoms. The summed E-state index contributed by atoms with van der Waals surface area (Å²) >= 11 is 0. The van der Waals surface area contributed by atoms with Crippen LogP contribution in [0.5, 0.6) is 5.75 Å². The SMILES string of the molecule is CCCCCN(C)CC(=O)c1cc(F)ccc1OC. The van der Waals surface area contributed by atoms with Gasteiger partial charge in [0.15, 0.2) is 5.78 Å². The highest BCUT2D eigenvalue weighted by molar-refractivity contribution is 6.00. The first-order valence-corrected chi connectivity index (χ1v) is 6.63. The number of hydrogen-bond donors (Lipinski definition) is 0. The molecule has 0 saturated carbocycles. The highest BCUT2D eigenvalue weighted by Crippen LogP contribution is 2.20. The lowest BCUT2D eigenvalue weighted by atomic mass is 10.1. The van der Waals surface area contributed by atoms with Crippen molar-refractivity contribution < 1.29 is 13.9 Å². The van der Waals surface area contributed by atoms with E-state index in [2.05, 4.69) is 6.92 Å². The number of unbranched alkanes of at least 4 members (excludes halogenated alkanes) is 2. The third-order valence-corrected chi connectivity index (χ3v) is 3.02. The van der Waals surface area contributed by atoms with Crippen LogP contribution in [0.3, 0.4) is 0 Å². The average molecular weight is 267 g/mol. The molecule has 1 aromatic rings. The molecule has 1 rings (SSSR count). The molecule has 0 N–H and O–H groups in total. The first-order valence-electron chi connectivity index (χ1n) is 6.63. The predicted octanol–water partition coefficient (Wildman–Crippen LogP) is 3.14. The van der Waals surface area contributed by atoms with Gasteiger partial charge in [0.25, 0.3) is 0 Å². The molecule has 0 aliphatic carbocycles. The summed E-state index contributed by atoms with van der Waals surface area (Å²) < 4.78 is 18.3. The van der Waals surface area contributed by atoms with E-state index in [9.17, 15) is 9.18 Å². The Morgan fingerprint density at radius 2 is 2.11 bits per heavy atom. The number of hydrogen-bond acceptors (Lipinski definition) is 3. The fourth-order valence-electron chi connectivity index (χ4n) is 1.94. The molecule has 0 aliphatic rings. The highest BCUT2D eigenvalue weighted by atomic mass is 19.1. The fourth-order valence-corrected chi connectivity index (χ4v) is 1.94. The smallest absolute Gasteiger partial charge is 0.180 e. The molecule has 0 fully saturated rings. The summed E-state index contributed by atoms with van der Waals surface area (Å²) in [7, 11) is 3.38. The molecular weight excluding hydrogens is 245 g/mol. The van der Waals surface area contributed by atoms with Crippen LogP contribution in [0.25, 0.3) is 0 Å². The molecule has 0 bridgehead atoms. The van der Waals surface area contributed by atoms with Gasteiger partial charge in [0, 0.05) is 0 Å². The zero-order valence-corrected chi connectivity index (χ0v) is 11.9. The van der Waals surface area contributed by atoms with E-state index in [0.717, 1.165) is 25.8 Å². The number of nitrogens with zero attached hydrogens (tertiary/aromatic N) is 1. The number of ether oxygens (including phenoxy) is 1. The first kappa shape index (κ1) is 15.6. The summed E-state index contributed by atoms with van der Waals surface area (Å²) in [5.74, 6) is -0.110. The van der Waals surface area contributed by atoms with Gasteiger partial charge in [-0.25, -0.2) is 4.39 Å². The molecule has 0 unspecified atom stereocenters. The number of halogens is 1. The molecule has 0 amide bonds. The molecule has 1 aromatic carbocycles. The number of ketones is 1. The lowest BCUT2D eigenvalue weighted by Crippen LogP contribution is -2.27. The van der Waals surface area contributed by atoms with Crippen LogP contribution in [0, 0.1) is 5.82 Å². The lowest BCUT2D eigenvalue weighted by Gasteiger charge is -2.16. The van der Waals surface area contributed by atoms with Crippen LogP contribution in [-0.2, 0) is 0 Å². The second kappa shape index (κ2) is 7.89. The summed E-state index contributed by atoms with van der Waals surface area (Å²) in [4.78, 5) is 14.1. The Labute approximate surface area is 114 Å². The van der Waals surface area contributed by atoms with Gasteiger partial charge in [0.2, 0.25) is 0 Å². The number of carbonyl (C=O) groups excluding carboxylic acids is 1. The maximum absolute atomic E-state index is 13.2. The van der Waals surface area contributed by atoms with Crippen molar-refractivity contribution in [1.82, 2.24) is 4.90 Å². The van der Waals surface area contributed by atoms with Crippen molar-refractivity contribution in [3.63, 3.8) is 0 Å². The van der Waals surface area contributed by atoms with Crippen molar-refractivity contribution in [3.05, 3.63) is 29.6 Å². The van der Waals surface area contributed by atoms with Crippen LogP contribution in [0.2, 0.25) is 0 Å². The van der Waals surface area contributed by atoms with Crippen molar-refractivity contribution >= 4 is 5.78 Å². The molecule has 0 aliphatic heterocycles. The Kier molecular flexibility index (Phi) is 6.50. The standard InChI is InChI=1S/C15H22FNO2/c1-4-5-6-9-17(2)11-14(18)13-10-12(16)7-8-15(13)19-3/h7-8,10H,4-6,9,11H2,1-3H3. The Balaban J connectivity index is 2.64. The summed E-state index contributed by atoms with van der Waals surface area (Å²) in [6.45, 7) is 3.30. The highest BCUT2D eigenvalue weighted by Gasteiger charge is 2.15. The average Bonchev–Trinajstić information content (AvgIpc) is 2.39. The van der Waals surface area contributed by atoms with Crippen molar-refractivity contribution in [2.45, 2.75) is 26.2 Å². The van der Waals surface area contributed by atoms with E-state index in [1.807, 2.05) is 11.9 Å². The quantitative estimate of drug-likeness (QED) is 0.535. The molecule has 0 heterocycles. The largest absolute Gasteiger partial charge is 0.496 e. The van der Waals surface area contributed by atoms with E-state index in [-0.39, 0.29) is 12.3 Å². The number of likely N-dealkylation sites (N-methyl/N-ethyl adjacent to an activating group) is 1. The Bertz CT molecular complexity index is 421. The van der Waals surface area contributed by atoms with Crippen LogP contribution >= 0.6 is 0 Å². The van der Waals surface area contributed by atoms with E-state index in [4.69, 9.17) is 4.74 Å². The number of methoxy groups -OCH3 is 1. The van der Waals surface area contributed by atoms with E-state index < -0.39 is 5.82 Å². The number of carbonyl (C=O) groups is 1. The second-order valence-electron chi connectivity index (χ2n) is 4.71. The van der Waals surface area contributed by atoms with Crippen molar-refractivity contribution in [3.8, 4) is 5.75 Å². The molecule has 19 heavy (non-hydrogen) atoms. The summed E-state index contributed by atoms with van der Waals surface area (Å²) in [5, 5.41) is 0. The zero-order chi connectivity index (χ0) is 14.3. The predicted molar refractivity (Wildman–Crippen MR) is 74.3 cm³/mol. The lowest BCUT2D eigenvalue weighted by molar-refractivity contribution is 0.0942. The normalized spacial score (nSPS) is 10.8. The van der Waals surface area contributed by atoms with Crippen LogP contribution in [-0.4, -0.2) is 37.9 Å². The van der Waals surface area contributed by atoms with Crippen LogP contribution in [0.1, 0.15) is 36.5 Å². The van der Waals surface area contributed by atoms with E-state index in [0.29, 0.717) is 11.3 Å². The Morgan fingerprint density at radius 1 is 1.37 bits per heavy atom. The minimum Gasteiger partial charge on any atom is -0.496 e. The monoisotopic (exact) mass is 267 g/mol. The maximum atomic E-state index is 13.2. The summed E-state index contributed by atoms with van der Waals surface area (Å²) in [6, 6.07) is 4.02. The van der Waals surface area contributed by atoms with Gasteiger partial charge in [-0.2, -0.15) is 0 Å². The molecule has 0 atom stereocenters. The zero-order valence-electron chi connectivity index (χ0n) is 11.9. The number of rotatable bonds is 8. The van der Waals surface area contributed by atoms with Crippen molar-refractivity contribution in [1.29, 1.82) is 0 Å². The van der Waals surface area contributed by atoms with Crippen molar-refractivity contribution in [2.24, 2.45) is 0 Å². The van der Waals surface area contributed by atoms with Crippen LogP contribution in [0.4, 0.5) is 4.39 Å². The van der Waals surface area contributed by atoms with Gasteiger partial charge >= 0.3 is 0 Å². The van der Waals surface area contributed by atoms with Gasteiger partial charge in [0.05, 0.1) is 19.2 Å². The Hall–Kier alpha value is -1.42. The third kappa shape index (κ3) is 4.99. The third-order valence-electron chi connectivity index (χ3n) is 3.02.